The van der Waals surface area contributed by atoms with Gasteiger partial charge in [0.05, 0.1) is 13.2 Å². The summed E-state index contributed by atoms with van der Waals surface area (Å²) in [6, 6.07) is 10.0. The Morgan fingerprint density at radius 1 is 1.22 bits per heavy atom. The monoisotopic (exact) mass is 309 g/mol. The Morgan fingerprint density at radius 2 is 1.94 bits per heavy atom. The van der Waals surface area contributed by atoms with Gasteiger partial charge in [0.1, 0.15) is 18.1 Å². The van der Waals surface area contributed by atoms with Crippen LogP contribution in [0.5, 0.6) is 0 Å². The number of benzene rings is 1. The highest BCUT2D eigenvalue weighted by Gasteiger charge is 2.05. The molecule has 0 saturated heterocycles. The van der Waals surface area contributed by atoms with Crippen LogP contribution in [0.25, 0.3) is 0 Å². The van der Waals surface area contributed by atoms with Crippen LogP contribution in [0.15, 0.2) is 39.2 Å². The molecule has 0 aliphatic heterocycles. The molecule has 0 aliphatic rings. The summed E-state index contributed by atoms with van der Waals surface area (Å²) in [5, 5.41) is 0. The molecule has 2 rings (SSSR count). The third-order valence-corrected chi connectivity index (χ3v) is 3.21. The van der Waals surface area contributed by atoms with E-state index in [0.29, 0.717) is 19.8 Å². The maximum atomic E-state index is 5.61. The molecule has 0 fully saturated rings. The van der Waals surface area contributed by atoms with E-state index < -0.39 is 0 Å². The van der Waals surface area contributed by atoms with Crippen molar-refractivity contribution in [2.24, 2.45) is 5.73 Å². The van der Waals surface area contributed by atoms with Crippen molar-refractivity contribution in [3.63, 3.8) is 0 Å². The first-order valence-electron chi connectivity index (χ1n) is 5.79. The van der Waals surface area contributed by atoms with Crippen LogP contribution in [0.1, 0.15) is 22.6 Å². The first-order valence-corrected chi connectivity index (χ1v) is 6.59. The zero-order valence-electron chi connectivity index (χ0n) is 10.3. The lowest BCUT2D eigenvalue weighted by atomic mass is 10.2. The molecular formula is C14H16BrNO2. The van der Waals surface area contributed by atoms with Crippen LogP contribution in [0, 0.1) is 6.92 Å². The van der Waals surface area contributed by atoms with E-state index in [0.717, 1.165) is 27.1 Å². The van der Waals surface area contributed by atoms with E-state index in [2.05, 4.69) is 15.9 Å². The lowest BCUT2D eigenvalue weighted by molar-refractivity contribution is 0.0921. The number of aryl methyl sites for hydroxylation is 1. The van der Waals surface area contributed by atoms with Crippen molar-refractivity contribution in [3.8, 4) is 0 Å². The van der Waals surface area contributed by atoms with Gasteiger partial charge in [0.2, 0.25) is 0 Å². The Labute approximate surface area is 115 Å². The fourth-order valence-corrected chi connectivity index (χ4v) is 1.98. The Balaban J connectivity index is 1.86. The molecule has 18 heavy (non-hydrogen) atoms. The molecule has 0 saturated carbocycles. The van der Waals surface area contributed by atoms with Gasteiger partial charge in [-0.25, -0.2) is 0 Å². The van der Waals surface area contributed by atoms with Crippen LogP contribution < -0.4 is 5.73 Å². The summed E-state index contributed by atoms with van der Waals surface area (Å²) in [6.45, 7) is 3.46. The number of nitrogens with two attached hydrogens (primary N) is 1. The average Bonchev–Trinajstić information content (AvgIpc) is 2.72. The molecule has 0 atom stereocenters. The van der Waals surface area contributed by atoms with Crippen molar-refractivity contribution in [3.05, 3.63) is 57.5 Å². The topological polar surface area (TPSA) is 48.4 Å². The minimum atomic E-state index is 0.429. The molecule has 0 unspecified atom stereocenters. The summed E-state index contributed by atoms with van der Waals surface area (Å²) in [7, 11) is 0. The van der Waals surface area contributed by atoms with E-state index in [1.54, 1.807) is 0 Å². The molecule has 0 aliphatic carbocycles. The molecular weight excluding hydrogens is 294 g/mol. The van der Waals surface area contributed by atoms with Gasteiger partial charge in [-0.3, -0.25) is 0 Å². The predicted molar refractivity (Wildman–Crippen MR) is 74.0 cm³/mol. The Kier molecular flexibility index (Phi) is 4.58. The minimum absolute atomic E-state index is 0.429. The standard InChI is InChI=1S/C14H16BrNO2/c1-10-6-13(18-14(10)7-16)9-17-8-11-2-4-12(15)5-3-11/h2-6H,7-9,16H2,1H3. The normalized spacial score (nSPS) is 10.8. The molecule has 3 nitrogen and oxygen atoms in total. The summed E-state index contributed by atoms with van der Waals surface area (Å²) in [6.07, 6.45) is 0. The largest absolute Gasteiger partial charge is 0.462 e. The molecule has 1 heterocycles. The Hall–Kier alpha value is -1.10. The van der Waals surface area contributed by atoms with Gasteiger partial charge < -0.3 is 14.9 Å². The number of rotatable bonds is 5. The summed E-state index contributed by atoms with van der Waals surface area (Å²) in [5.41, 5.74) is 7.78. The third-order valence-electron chi connectivity index (χ3n) is 2.68. The van der Waals surface area contributed by atoms with E-state index in [9.17, 15) is 0 Å². The predicted octanol–water partition coefficient (Wildman–Crippen LogP) is 3.53. The van der Waals surface area contributed by atoms with E-state index in [1.807, 2.05) is 37.3 Å². The van der Waals surface area contributed by atoms with Crippen LogP contribution >= 0.6 is 15.9 Å². The highest BCUT2D eigenvalue weighted by atomic mass is 79.9. The molecule has 1 aromatic carbocycles. The first-order chi connectivity index (χ1) is 8.69. The molecule has 0 radical (unpaired) electrons. The second-order valence-corrected chi connectivity index (χ2v) is 5.06. The summed E-state index contributed by atoms with van der Waals surface area (Å²) in [4.78, 5) is 0. The van der Waals surface area contributed by atoms with Gasteiger partial charge in [-0.15, -0.1) is 0 Å². The maximum Gasteiger partial charge on any atom is 0.130 e. The number of ether oxygens (including phenoxy) is 1. The van der Waals surface area contributed by atoms with Crippen molar-refractivity contribution in [2.75, 3.05) is 0 Å². The van der Waals surface area contributed by atoms with E-state index >= 15 is 0 Å². The van der Waals surface area contributed by atoms with E-state index in [-0.39, 0.29) is 0 Å². The fraction of sp³-hybridized carbons (Fsp3) is 0.286. The van der Waals surface area contributed by atoms with E-state index in [4.69, 9.17) is 14.9 Å². The highest BCUT2D eigenvalue weighted by molar-refractivity contribution is 9.10. The maximum absolute atomic E-state index is 5.61. The van der Waals surface area contributed by atoms with Gasteiger partial charge in [-0.2, -0.15) is 0 Å². The fourth-order valence-electron chi connectivity index (χ4n) is 1.71. The minimum Gasteiger partial charge on any atom is -0.462 e. The molecule has 2 aromatic rings. The smallest absolute Gasteiger partial charge is 0.130 e. The Bertz CT molecular complexity index is 505. The second kappa shape index (κ2) is 6.18. The van der Waals surface area contributed by atoms with Crippen LogP contribution in [-0.2, 0) is 24.5 Å². The molecule has 96 valence electrons. The van der Waals surface area contributed by atoms with E-state index in [1.165, 1.54) is 0 Å². The first kappa shape index (κ1) is 13.3. The molecule has 0 spiro atoms. The molecule has 2 N–H and O–H groups in total. The molecule has 4 heteroatoms. The highest BCUT2D eigenvalue weighted by Crippen LogP contribution is 2.16. The van der Waals surface area contributed by atoms with Crippen molar-refractivity contribution in [1.29, 1.82) is 0 Å². The lowest BCUT2D eigenvalue weighted by Gasteiger charge is -2.02. The van der Waals surface area contributed by atoms with Crippen LogP contribution in [-0.4, -0.2) is 0 Å². The van der Waals surface area contributed by atoms with Gasteiger partial charge in [0.25, 0.3) is 0 Å². The molecule has 0 amide bonds. The zero-order valence-corrected chi connectivity index (χ0v) is 11.9. The molecule has 1 aromatic heterocycles. The SMILES string of the molecule is Cc1cc(COCc2ccc(Br)cc2)oc1CN. The Morgan fingerprint density at radius 3 is 2.56 bits per heavy atom. The van der Waals surface area contributed by atoms with Gasteiger partial charge in [0, 0.05) is 4.47 Å². The third kappa shape index (κ3) is 3.45. The number of hydrogen-bond acceptors (Lipinski definition) is 3. The lowest BCUT2D eigenvalue weighted by Crippen LogP contribution is -1.95. The van der Waals surface area contributed by atoms with Crippen LogP contribution in [0.2, 0.25) is 0 Å². The average molecular weight is 310 g/mol. The summed E-state index contributed by atoms with van der Waals surface area (Å²) < 4.78 is 12.2. The van der Waals surface area contributed by atoms with Crippen molar-refractivity contribution < 1.29 is 9.15 Å². The van der Waals surface area contributed by atoms with Gasteiger partial charge in [-0.05, 0) is 36.2 Å². The van der Waals surface area contributed by atoms with Crippen molar-refractivity contribution in [2.45, 2.75) is 26.7 Å². The summed E-state index contributed by atoms with van der Waals surface area (Å²) >= 11 is 3.40. The van der Waals surface area contributed by atoms with Crippen molar-refractivity contribution >= 4 is 15.9 Å². The van der Waals surface area contributed by atoms with Crippen LogP contribution in [0.3, 0.4) is 0 Å². The number of hydrogen-bond donors (Lipinski definition) is 1. The van der Waals surface area contributed by atoms with Gasteiger partial charge in [-0.1, -0.05) is 28.1 Å². The quantitative estimate of drug-likeness (QED) is 0.919. The number of halogens is 1. The van der Waals surface area contributed by atoms with Crippen LogP contribution in [0.4, 0.5) is 0 Å². The number of furan rings is 1. The van der Waals surface area contributed by atoms with Gasteiger partial charge in [0.15, 0.2) is 0 Å². The second-order valence-electron chi connectivity index (χ2n) is 4.14. The van der Waals surface area contributed by atoms with Gasteiger partial charge >= 0.3 is 0 Å². The van der Waals surface area contributed by atoms with Crippen molar-refractivity contribution in [1.82, 2.24) is 0 Å². The molecule has 0 bridgehead atoms. The summed E-state index contributed by atoms with van der Waals surface area (Å²) in [5.74, 6) is 1.65. The zero-order chi connectivity index (χ0) is 13.0.